The summed E-state index contributed by atoms with van der Waals surface area (Å²) >= 11 is 0. The maximum absolute atomic E-state index is 13.8. The molecule has 4 rings (SSSR count). The number of ketones is 1. The number of methoxy groups -OCH3 is 1. The van der Waals surface area contributed by atoms with Gasteiger partial charge in [-0.1, -0.05) is 48.5 Å². The third-order valence-corrected chi connectivity index (χ3v) is 5.68. The van der Waals surface area contributed by atoms with Gasteiger partial charge in [0.25, 0.3) is 5.91 Å². The Hall–Kier alpha value is -3.93. The SMILES string of the molecule is COc1ccc(C(=O)C[C@@]2(NC(C)=O)C(=O)N(Cc3ccccc3)c3ccccc32)cc1. The van der Waals surface area contributed by atoms with Gasteiger partial charge in [0.05, 0.1) is 19.3 Å². The molecule has 162 valence electrons. The highest BCUT2D eigenvalue weighted by Crippen LogP contribution is 2.43. The van der Waals surface area contributed by atoms with E-state index in [1.165, 1.54) is 6.92 Å². The van der Waals surface area contributed by atoms with Gasteiger partial charge in [0.15, 0.2) is 11.3 Å². The Morgan fingerprint density at radius 3 is 2.25 bits per heavy atom. The van der Waals surface area contributed by atoms with Crippen molar-refractivity contribution in [3.63, 3.8) is 0 Å². The highest BCUT2D eigenvalue weighted by atomic mass is 16.5. The number of carbonyl (C=O) groups is 3. The second kappa shape index (κ2) is 8.67. The Labute approximate surface area is 186 Å². The van der Waals surface area contributed by atoms with Gasteiger partial charge in [-0.15, -0.1) is 0 Å². The minimum Gasteiger partial charge on any atom is -0.497 e. The molecule has 0 saturated heterocycles. The van der Waals surface area contributed by atoms with Crippen molar-refractivity contribution in [1.82, 2.24) is 5.32 Å². The first-order valence-corrected chi connectivity index (χ1v) is 10.4. The molecule has 6 heteroatoms. The van der Waals surface area contributed by atoms with Crippen molar-refractivity contribution < 1.29 is 19.1 Å². The summed E-state index contributed by atoms with van der Waals surface area (Å²) in [6.45, 7) is 1.70. The fourth-order valence-corrected chi connectivity index (χ4v) is 4.20. The van der Waals surface area contributed by atoms with E-state index >= 15 is 0 Å². The van der Waals surface area contributed by atoms with Crippen LogP contribution >= 0.6 is 0 Å². The molecule has 2 amide bonds. The Morgan fingerprint density at radius 2 is 1.59 bits per heavy atom. The van der Waals surface area contributed by atoms with Gasteiger partial charge in [-0.3, -0.25) is 14.4 Å². The number of fused-ring (bicyclic) bond motifs is 1. The average Bonchev–Trinajstić information content (AvgIpc) is 3.02. The van der Waals surface area contributed by atoms with Gasteiger partial charge >= 0.3 is 0 Å². The molecule has 1 atom stereocenters. The summed E-state index contributed by atoms with van der Waals surface area (Å²) < 4.78 is 5.16. The van der Waals surface area contributed by atoms with E-state index in [1.54, 1.807) is 42.3 Å². The molecule has 32 heavy (non-hydrogen) atoms. The molecule has 0 unspecified atom stereocenters. The number of anilines is 1. The van der Waals surface area contributed by atoms with Crippen molar-refractivity contribution in [2.75, 3.05) is 12.0 Å². The van der Waals surface area contributed by atoms with E-state index in [0.717, 1.165) is 5.56 Å². The third kappa shape index (κ3) is 3.87. The van der Waals surface area contributed by atoms with E-state index in [1.807, 2.05) is 48.5 Å². The van der Waals surface area contributed by atoms with Gasteiger partial charge in [-0.2, -0.15) is 0 Å². The van der Waals surface area contributed by atoms with Crippen LogP contribution in [0.25, 0.3) is 0 Å². The van der Waals surface area contributed by atoms with Crippen molar-refractivity contribution >= 4 is 23.3 Å². The number of rotatable bonds is 7. The molecule has 3 aromatic carbocycles. The summed E-state index contributed by atoms with van der Waals surface area (Å²) in [5, 5.41) is 2.82. The fourth-order valence-electron chi connectivity index (χ4n) is 4.20. The van der Waals surface area contributed by atoms with Crippen LogP contribution in [0.5, 0.6) is 5.75 Å². The molecule has 0 aliphatic carbocycles. The van der Waals surface area contributed by atoms with Gasteiger partial charge in [0.2, 0.25) is 5.91 Å². The van der Waals surface area contributed by atoms with E-state index in [9.17, 15) is 14.4 Å². The maximum Gasteiger partial charge on any atom is 0.258 e. The first-order chi connectivity index (χ1) is 15.4. The van der Waals surface area contributed by atoms with Gasteiger partial charge in [-0.25, -0.2) is 0 Å². The van der Waals surface area contributed by atoms with Crippen LogP contribution in [0.2, 0.25) is 0 Å². The smallest absolute Gasteiger partial charge is 0.258 e. The quantitative estimate of drug-likeness (QED) is 0.580. The minimum atomic E-state index is -1.46. The molecule has 0 radical (unpaired) electrons. The minimum absolute atomic E-state index is 0.181. The zero-order chi connectivity index (χ0) is 22.7. The van der Waals surface area contributed by atoms with Crippen molar-refractivity contribution in [3.05, 3.63) is 95.6 Å². The van der Waals surface area contributed by atoms with Crippen LogP contribution in [0.15, 0.2) is 78.9 Å². The lowest BCUT2D eigenvalue weighted by Gasteiger charge is -2.29. The van der Waals surface area contributed by atoms with Crippen LogP contribution in [0, 0.1) is 0 Å². The van der Waals surface area contributed by atoms with Crippen molar-refractivity contribution in [2.24, 2.45) is 0 Å². The molecule has 6 nitrogen and oxygen atoms in total. The van der Waals surface area contributed by atoms with Crippen molar-refractivity contribution in [2.45, 2.75) is 25.4 Å². The maximum atomic E-state index is 13.8. The second-order valence-corrected chi connectivity index (χ2v) is 7.81. The number of nitrogens with zero attached hydrogens (tertiary/aromatic N) is 1. The molecule has 0 saturated carbocycles. The molecule has 1 N–H and O–H groups in total. The lowest BCUT2D eigenvalue weighted by molar-refractivity contribution is -0.130. The summed E-state index contributed by atoms with van der Waals surface area (Å²) in [5.41, 5.74) is 1.25. The largest absolute Gasteiger partial charge is 0.497 e. The lowest BCUT2D eigenvalue weighted by atomic mass is 9.84. The van der Waals surface area contributed by atoms with Gasteiger partial charge < -0.3 is 15.0 Å². The Balaban J connectivity index is 1.75. The summed E-state index contributed by atoms with van der Waals surface area (Å²) in [6, 6.07) is 23.7. The predicted octanol–water partition coefficient (Wildman–Crippen LogP) is 3.85. The van der Waals surface area contributed by atoms with E-state index < -0.39 is 5.54 Å². The number of nitrogens with one attached hydrogen (secondary N) is 1. The lowest BCUT2D eigenvalue weighted by Crippen LogP contribution is -2.53. The molecule has 0 aromatic heterocycles. The Bertz CT molecular complexity index is 1160. The molecular weight excluding hydrogens is 404 g/mol. The van der Waals surface area contributed by atoms with E-state index in [0.29, 0.717) is 29.1 Å². The molecule has 1 heterocycles. The van der Waals surface area contributed by atoms with Gasteiger partial charge in [0.1, 0.15) is 5.75 Å². The number of carbonyl (C=O) groups excluding carboxylic acids is 3. The predicted molar refractivity (Wildman–Crippen MR) is 122 cm³/mol. The first kappa shape index (κ1) is 21.3. The zero-order valence-electron chi connectivity index (χ0n) is 18.0. The summed E-state index contributed by atoms with van der Waals surface area (Å²) in [6.07, 6.45) is -0.181. The topological polar surface area (TPSA) is 75.7 Å². The van der Waals surface area contributed by atoms with Crippen LogP contribution in [0.4, 0.5) is 5.69 Å². The molecule has 0 spiro atoms. The molecule has 3 aromatic rings. The molecule has 0 fully saturated rings. The van der Waals surface area contributed by atoms with E-state index in [4.69, 9.17) is 4.74 Å². The summed E-state index contributed by atoms with van der Waals surface area (Å²) in [5.74, 6) is -0.308. The van der Waals surface area contributed by atoms with Crippen LogP contribution in [0.3, 0.4) is 0 Å². The molecule has 1 aliphatic rings. The van der Waals surface area contributed by atoms with Crippen molar-refractivity contribution in [3.8, 4) is 5.75 Å². The van der Waals surface area contributed by atoms with E-state index in [2.05, 4.69) is 5.32 Å². The fraction of sp³-hybridized carbons (Fsp3) is 0.192. The number of hydrogen-bond acceptors (Lipinski definition) is 4. The van der Waals surface area contributed by atoms with Crippen molar-refractivity contribution in [1.29, 1.82) is 0 Å². The number of Topliss-reactive ketones (excluding diaryl/α,β-unsaturated/α-hetero) is 1. The second-order valence-electron chi connectivity index (χ2n) is 7.81. The first-order valence-electron chi connectivity index (χ1n) is 10.4. The normalized spacial score (nSPS) is 17.1. The summed E-state index contributed by atoms with van der Waals surface area (Å²) in [7, 11) is 1.55. The van der Waals surface area contributed by atoms with Gasteiger partial charge in [0, 0.05) is 24.5 Å². The highest BCUT2D eigenvalue weighted by molar-refractivity contribution is 6.12. The average molecular weight is 428 g/mol. The van der Waals surface area contributed by atoms with E-state index in [-0.39, 0.29) is 24.0 Å². The van der Waals surface area contributed by atoms with Gasteiger partial charge in [-0.05, 0) is 35.9 Å². The van der Waals surface area contributed by atoms with Crippen LogP contribution in [-0.4, -0.2) is 24.7 Å². The Morgan fingerprint density at radius 1 is 0.938 bits per heavy atom. The standard InChI is InChI=1S/C26H24N2O4/c1-18(29)27-26(16-24(30)20-12-14-21(32-2)15-13-20)22-10-6-7-11-23(22)28(25(26)31)17-19-8-4-3-5-9-19/h3-15H,16-17H2,1-2H3,(H,27,29)/t26-/m0/s1. The third-order valence-electron chi connectivity index (χ3n) is 5.68. The summed E-state index contributed by atoms with van der Waals surface area (Å²) in [4.78, 5) is 40.9. The highest BCUT2D eigenvalue weighted by Gasteiger charge is 2.52. The Kier molecular flexibility index (Phi) is 5.77. The zero-order valence-corrected chi connectivity index (χ0v) is 18.0. The van der Waals surface area contributed by atoms with Crippen LogP contribution < -0.4 is 15.0 Å². The number of para-hydroxylation sites is 1. The number of ether oxygens (including phenoxy) is 1. The monoisotopic (exact) mass is 428 g/mol. The van der Waals surface area contributed by atoms with Crippen LogP contribution in [-0.2, 0) is 21.7 Å². The molecule has 1 aliphatic heterocycles. The van der Waals surface area contributed by atoms with Crippen LogP contribution in [0.1, 0.15) is 34.8 Å². The number of amides is 2. The molecular formula is C26H24N2O4. The number of hydrogen-bond donors (Lipinski definition) is 1. The molecule has 0 bridgehead atoms. The number of benzene rings is 3.